The molecule has 1 aromatic heterocycles. The van der Waals surface area contributed by atoms with E-state index in [0.29, 0.717) is 13.0 Å². The van der Waals surface area contributed by atoms with Crippen molar-refractivity contribution >= 4 is 33.2 Å². The Bertz CT molecular complexity index is 568. The molecule has 1 amide bonds. The number of nitrogens with one attached hydrogen (secondary N) is 1. The van der Waals surface area contributed by atoms with Crippen molar-refractivity contribution in [2.75, 3.05) is 7.11 Å². The van der Waals surface area contributed by atoms with Crippen molar-refractivity contribution < 1.29 is 9.53 Å². The normalized spacial score (nSPS) is 10.2. The van der Waals surface area contributed by atoms with Crippen LogP contribution in [0.2, 0.25) is 0 Å². The number of ether oxygens (including phenoxy) is 1. The molecule has 3 nitrogen and oxygen atoms in total. The summed E-state index contributed by atoms with van der Waals surface area (Å²) in [6.45, 7) is 0.482. The van der Waals surface area contributed by atoms with Gasteiger partial charge in [0.1, 0.15) is 5.75 Å². The fourth-order valence-electron chi connectivity index (χ4n) is 1.71. The van der Waals surface area contributed by atoms with Crippen molar-refractivity contribution in [1.82, 2.24) is 5.32 Å². The van der Waals surface area contributed by atoms with E-state index in [0.717, 1.165) is 20.7 Å². The first-order chi connectivity index (χ1) is 9.19. The Morgan fingerprint density at radius 3 is 2.89 bits per heavy atom. The molecule has 2 rings (SSSR count). The standard InChI is InChI=1S/C14H14BrNO2S/c1-18-13-5-3-2-4-10(13)8-16-14(17)7-12-6-11(15)9-19-12/h2-6,9H,7-8H2,1H3,(H,16,17). The Kier molecular flexibility index (Phi) is 4.99. The summed E-state index contributed by atoms with van der Waals surface area (Å²) < 4.78 is 6.26. The number of benzene rings is 1. The van der Waals surface area contributed by atoms with Gasteiger partial charge in [-0.3, -0.25) is 4.79 Å². The molecule has 0 aliphatic carbocycles. The molecule has 0 saturated carbocycles. The summed E-state index contributed by atoms with van der Waals surface area (Å²) in [5, 5.41) is 4.88. The van der Waals surface area contributed by atoms with E-state index in [-0.39, 0.29) is 5.91 Å². The third-order valence-electron chi connectivity index (χ3n) is 2.63. The van der Waals surface area contributed by atoms with Gasteiger partial charge in [0, 0.05) is 26.8 Å². The Morgan fingerprint density at radius 2 is 2.21 bits per heavy atom. The van der Waals surface area contributed by atoms with E-state index < -0.39 is 0 Å². The van der Waals surface area contributed by atoms with Crippen LogP contribution in [-0.2, 0) is 17.8 Å². The summed E-state index contributed by atoms with van der Waals surface area (Å²) in [4.78, 5) is 12.9. The SMILES string of the molecule is COc1ccccc1CNC(=O)Cc1cc(Br)cs1. The number of thiophene rings is 1. The highest BCUT2D eigenvalue weighted by molar-refractivity contribution is 9.10. The Labute approximate surface area is 124 Å². The number of para-hydroxylation sites is 1. The van der Waals surface area contributed by atoms with Gasteiger partial charge in [-0.25, -0.2) is 0 Å². The molecule has 0 aliphatic rings. The quantitative estimate of drug-likeness (QED) is 0.906. The summed E-state index contributed by atoms with van der Waals surface area (Å²) in [6, 6.07) is 9.64. The van der Waals surface area contributed by atoms with Crippen molar-refractivity contribution in [1.29, 1.82) is 0 Å². The lowest BCUT2D eigenvalue weighted by Gasteiger charge is -2.09. The molecule has 19 heavy (non-hydrogen) atoms. The second-order valence-corrected chi connectivity index (χ2v) is 5.91. The molecule has 0 atom stereocenters. The Morgan fingerprint density at radius 1 is 1.42 bits per heavy atom. The van der Waals surface area contributed by atoms with E-state index in [1.165, 1.54) is 0 Å². The molecule has 0 aliphatic heterocycles. The highest BCUT2D eigenvalue weighted by Crippen LogP contribution is 2.20. The van der Waals surface area contributed by atoms with E-state index in [4.69, 9.17) is 4.74 Å². The molecule has 100 valence electrons. The number of carbonyl (C=O) groups excluding carboxylic acids is 1. The van der Waals surface area contributed by atoms with Gasteiger partial charge in [0.25, 0.3) is 0 Å². The number of rotatable bonds is 5. The third kappa shape index (κ3) is 4.08. The van der Waals surface area contributed by atoms with Crippen molar-refractivity contribution in [3.8, 4) is 5.75 Å². The zero-order chi connectivity index (χ0) is 13.7. The third-order valence-corrected chi connectivity index (χ3v) is 4.32. The molecule has 0 radical (unpaired) electrons. The maximum Gasteiger partial charge on any atom is 0.225 e. The largest absolute Gasteiger partial charge is 0.496 e. The minimum atomic E-state index is 0.0141. The fraction of sp³-hybridized carbons (Fsp3) is 0.214. The molecule has 0 bridgehead atoms. The highest BCUT2D eigenvalue weighted by atomic mass is 79.9. The predicted molar refractivity (Wildman–Crippen MR) is 80.6 cm³/mol. The second-order valence-electron chi connectivity index (χ2n) is 4.00. The molecule has 2 aromatic rings. The van der Waals surface area contributed by atoms with E-state index in [2.05, 4.69) is 21.2 Å². The molecule has 5 heteroatoms. The topological polar surface area (TPSA) is 38.3 Å². The van der Waals surface area contributed by atoms with Gasteiger partial charge in [-0.05, 0) is 28.1 Å². The molecule has 1 aromatic carbocycles. The van der Waals surface area contributed by atoms with Crippen LogP contribution in [0.4, 0.5) is 0 Å². The minimum absolute atomic E-state index is 0.0141. The van der Waals surface area contributed by atoms with Gasteiger partial charge >= 0.3 is 0 Å². The van der Waals surface area contributed by atoms with Gasteiger partial charge in [0.05, 0.1) is 13.5 Å². The lowest BCUT2D eigenvalue weighted by atomic mass is 10.2. The van der Waals surface area contributed by atoms with Crippen molar-refractivity contribution in [2.24, 2.45) is 0 Å². The summed E-state index contributed by atoms with van der Waals surface area (Å²) in [5.74, 6) is 0.807. The highest BCUT2D eigenvalue weighted by Gasteiger charge is 2.07. The van der Waals surface area contributed by atoms with Gasteiger partial charge in [0.2, 0.25) is 5.91 Å². The smallest absolute Gasteiger partial charge is 0.225 e. The maximum absolute atomic E-state index is 11.8. The number of carbonyl (C=O) groups is 1. The van der Waals surface area contributed by atoms with Gasteiger partial charge < -0.3 is 10.1 Å². The summed E-state index contributed by atoms with van der Waals surface area (Å²) in [5.41, 5.74) is 0.978. The van der Waals surface area contributed by atoms with E-state index in [1.807, 2.05) is 35.7 Å². The minimum Gasteiger partial charge on any atom is -0.496 e. The number of amides is 1. The Balaban J connectivity index is 1.89. The molecular weight excluding hydrogens is 326 g/mol. The van der Waals surface area contributed by atoms with Crippen LogP contribution >= 0.6 is 27.3 Å². The van der Waals surface area contributed by atoms with Gasteiger partial charge in [0.15, 0.2) is 0 Å². The van der Waals surface area contributed by atoms with Crippen LogP contribution < -0.4 is 10.1 Å². The molecule has 0 unspecified atom stereocenters. The molecule has 0 fully saturated rings. The van der Waals surface area contributed by atoms with Gasteiger partial charge in [-0.15, -0.1) is 11.3 Å². The van der Waals surface area contributed by atoms with Crippen LogP contribution in [0.15, 0.2) is 40.2 Å². The molecule has 0 saturated heterocycles. The number of hydrogen-bond donors (Lipinski definition) is 1. The lowest BCUT2D eigenvalue weighted by Crippen LogP contribution is -2.24. The molecule has 1 N–H and O–H groups in total. The summed E-state index contributed by atoms with van der Waals surface area (Å²) in [7, 11) is 1.63. The second kappa shape index (κ2) is 6.73. The van der Waals surface area contributed by atoms with E-state index in [1.54, 1.807) is 18.4 Å². The average molecular weight is 340 g/mol. The Hall–Kier alpha value is -1.33. The molecule has 1 heterocycles. The monoisotopic (exact) mass is 339 g/mol. The van der Waals surface area contributed by atoms with Gasteiger partial charge in [-0.1, -0.05) is 18.2 Å². The summed E-state index contributed by atoms with van der Waals surface area (Å²) >= 11 is 4.95. The van der Waals surface area contributed by atoms with Crippen molar-refractivity contribution in [2.45, 2.75) is 13.0 Å². The first-order valence-electron chi connectivity index (χ1n) is 5.80. The van der Waals surface area contributed by atoms with Crippen LogP contribution in [0.25, 0.3) is 0 Å². The van der Waals surface area contributed by atoms with E-state index >= 15 is 0 Å². The van der Waals surface area contributed by atoms with Crippen LogP contribution in [0, 0.1) is 0 Å². The van der Waals surface area contributed by atoms with Gasteiger partial charge in [-0.2, -0.15) is 0 Å². The number of methoxy groups -OCH3 is 1. The van der Waals surface area contributed by atoms with Crippen LogP contribution in [0.5, 0.6) is 5.75 Å². The first-order valence-corrected chi connectivity index (χ1v) is 7.48. The van der Waals surface area contributed by atoms with Crippen LogP contribution in [-0.4, -0.2) is 13.0 Å². The van der Waals surface area contributed by atoms with Crippen molar-refractivity contribution in [3.05, 3.63) is 50.6 Å². The zero-order valence-corrected chi connectivity index (χ0v) is 12.9. The fourth-order valence-corrected chi connectivity index (χ4v) is 3.16. The summed E-state index contributed by atoms with van der Waals surface area (Å²) in [6.07, 6.45) is 0.408. The number of halogens is 1. The van der Waals surface area contributed by atoms with E-state index in [9.17, 15) is 4.79 Å². The van der Waals surface area contributed by atoms with Crippen LogP contribution in [0.1, 0.15) is 10.4 Å². The predicted octanol–water partition coefficient (Wildman–Crippen LogP) is 3.38. The molecule has 0 spiro atoms. The van der Waals surface area contributed by atoms with Crippen LogP contribution in [0.3, 0.4) is 0 Å². The maximum atomic E-state index is 11.8. The van der Waals surface area contributed by atoms with Crippen molar-refractivity contribution in [3.63, 3.8) is 0 Å². The number of hydrogen-bond acceptors (Lipinski definition) is 3. The molecular formula is C14H14BrNO2S. The first kappa shape index (κ1) is 14.1. The zero-order valence-electron chi connectivity index (χ0n) is 10.5. The lowest BCUT2D eigenvalue weighted by molar-refractivity contribution is -0.120. The average Bonchev–Trinajstić information content (AvgIpc) is 2.82.